The van der Waals surface area contributed by atoms with Gasteiger partial charge in [0.15, 0.2) is 0 Å². The van der Waals surface area contributed by atoms with Gasteiger partial charge in [-0.05, 0) is 49.5 Å². The zero-order valence-electron chi connectivity index (χ0n) is 11.7. The molecule has 3 rings (SSSR count). The maximum absolute atomic E-state index is 6.43. The van der Waals surface area contributed by atoms with Gasteiger partial charge in [-0.3, -0.25) is 4.98 Å². The number of benzene rings is 1. The molecule has 0 spiro atoms. The molecular weight excluding hydrogens is 288 g/mol. The first-order valence-electron chi connectivity index (χ1n) is 7.18. The lowest BCUT2D eigenvalue weighted by atomic mass is 10.1. The molecule has 1 aliphatic rings. The van der Waals surface area contributed by atoms with E-state index in [9.17, 15) is 0 Å². The second-order valence-corrected chi connectivity index (χ2v) is 7.03. The van der Waals surface area contributed by atoms with Crippen LogP contribution in [0, 0.1) is 0 Å². The van der Waals surface area contributed by atoms with Crippen molar-refractivity contribution >= 4 is 34.1 Å². The molecule has 20 heavy (non-hydrogen) atoms. The highest BCUT2D eigenvalue weighted by Crippen LogP contribution is 2.36. The van der Waals surface area contributed by atoms with Gasteiger partial charge in [0, 0.05) is 34.5 Å². The summed E-state index contributed by atoms with van der Waals surface area (Å²) in [7, 11) is 0. The molecule has 1 unspecified atom stereocenters. The number of likely N-dealkylation sites (tertiary alicyclic amines) is 1. The Kier molecular flexibility index (Phi) is 4.49. The number of hydrogen-bond acceptors (Lipinski definition) is 3. The highest BCUT2D eigenvalue weighted by atomic mass is 35.5. The van der Waals surface area contributed by atoms with E-state index in [0.29, 0.717) is 5.25 Å². The quantitative estimate of drug-likeness (QED) is 0.832. The Labute approximate surface area is 129 Å². The van der Waals surface area contributed by atoms with Crippen LogP contribution in [0.25, 0.3) is 10.8 Å². The van der Waals surface area contributed by atoms with Crippen molar-refractivity contribution in [1.29, 1.82) is 0 Å². The van der Waals surface area contributed by atoms with Crippen molar-refractivity contribution in [2.75, 3.05) is 19.6 Å². The first-order valence-corrected chi connectivity index (χ1v) is 8.44. The summed E-state index contributed by atoms with van der Waals surface area (Å²) in [5.41, 5.74) is 0. The highest BCUT2D eigenvalue weighted by Gasteiger charge is 2.20. The summed E-state index contributed by atoms with van der Waals surface area (Å²) in [4.78, 5) is 7.88. The Hall–Kier alpha value is -0.770. The number of hydrogen-bond donors (Lipinski definition) is 0. The molecule has 4 heteroatoms. The molecule has 0 saturated carbocycles. The molecule has 1 atom stereocenters. The van der Waals surface area contributed by atoms with E-state index in [0.717, 1.165) is 17.0 Å². The molecule has 1 aliphatic heterocycles. The predicted molar refractivity (Wildman–Crippen MR) is 87.7 cm³/mol. The molecule has 2 heterocycles. The third-order valence-electron chi connectivity index (χ3n) is 3.89. The number of aromatic nitrogens is 1. The van der Waals surface area contributed by atoms with Crippen molar-refractivity contribution in [2.45, 2.75) is 29.9 Å². The third kappa shape index (κ3) is 3.11. The van der Waals surface area contributed by atoms with E-state index in [2.05, 4.69) is 28.9 Å². The van der Waals surface area contributed by atoms with Crippen molar-refractivity contribution in [3.8, 4) is 0 Å². The zero-order valence-corrected chi connectivity index (χ0v) is 13.3. The average Bonchev–Trinajstić information content (AvgIpc) is 2.48. The minimum atomic E-state index is 0.653. The molecule has 1 fully saturated rings. The fourth-order valence-electron chi connectivity index (χ4n) is 2.75. The Morgan fingerprint density at radius 2 is 2.30 bits per heavy atom. The number of pyridine rings is 1. The van der Waals surface area contributed by atoms with Gasteiger partial charge in [0.1, 0.15) is 0 Å². The van der Waals surface area contributed by atoms with Crippen molar-refractivity contribution in [3.63, 3.8) is 0 Å². The lowest BCUT2D eigenvalue weighted by Gasteiger charge is -2.31. The van der Waals surface area contributed by atoms with Crippen LogP contribution in [0.4, 0.5) is 0 Å². The lowest BCUT2D eigenvalue weighted by molar-refractivity contribution is 0.245. The molecule has 0 radical (unpaired) electrons. The van der Waals surface area contributed by atoms with Crippen LogP contribution in [0.1, 0.15) is 19.8 Å². The van der Waals surface area contributed by atoms with Gasteiger partial charge in [-0.15, -0.1) is 11.8 Å². The summed E-state index contributed by atoms with van der Waals surface area (Å²) in [5, 5.41) is 3.83. The van der Waals surface area contributed by atoms with Gasteiger partial charge >= 0.3 is 0 Å². The van der Waals surface area contributed by atoms with Crippen LogP contribution in [-0.4, -0.2) is 34.8 Å². The fraction of sp³-hybridized carbons (Fsp3) is 0.438. The number of rotatable bonds is 3. The van der Waals surface area contributed by atoms with Crippen LogP contribution in [0.15, 0.2) is 35.5 Å². The highest BCUT2D eigenvalue weighted by molar-refractivity contribution is 8.00. The second kappa shape index (κ2) is 6.33. The fourth-order valence-corrected chi connectivity index (χ4v) is 4.35. The normalized spacial score (nSPS) is 20.4. The Balaban J connectivity index is 1.81. The Morgan fingerprint density at radius 3 is 3.15 bits per heavy atom. The number of nitrogens with zero attached hydrogens (tertiary/aromatic N) is 2. The van der Waals surface area contributed by atoms with Gasteiger partial charge in [0.25, 0.3) is 0 Å². The minimum Gasteiger partial charge on any atom is -0.302 e. The van der Waals surface area contributed by atoms with Crippen LogP contribution in [-0.2, 0) is 0 Å². The van der Waals surface area contributed by atoms with E-state index in [1.54, 1.807) is 0 Å². The van der Waals surface area contributed by atoms with Gasteiger partial charge in [0.05, 0.1) is 5.02 Å². The summed E-state index contributed by atoms with van der Waals surface area (Å²) in [6.45, 7) is 5.80. The SMILES string of the molecule is CCN1CCCC(Sc2cc3ccncc3cc2Cl)C1. The molecule has 1 aromatic carbocycles. The zero-order chi connectivity index (χ0) is 13.9. The molecule has 0 aliphatic carbocycles. The molecular formula is C16H19ClN2S. The van der Waals surface area contributed by atoms with E-state index in [4.69, 9.17) is 11.6 Å². The Bertz CT molecular complexity index is 602. The standard InChI is InChI=1S/C16H19ClN2S/c1-2-19-7-3-4-14(11-19)20-16-9-12-5-6-18-10-13(12)8-15(16)17/h5-6,8-10,14H,2-4,7,11H2,1H3. The van der Waals surface area contributed by atoms with Crippen molar-refractivity contribution in [1.82, 2.24) is 9.88 Å². The van der Waals surface area contributed by atoms with Crippen LogP contribution in [0.2, 0.25) is 5.02 Å². The molecule has 0 amide bonds. The van der Waals surface area contributed by atoms with Crippen LogP contribution in [0.3, 0.4) is 0 Å². The van der Waals surface area contributed by atoms with Gasteiger partial charge in [0.2, 0.25) is 0 Å². The second-order valence-electron chi connectivity index (χ2n) is 5.28. The summed E-state index contributed by atoms with van der Waals surface area (Å²) < 4.78 is 0. The first kappa shape index (κ1) is 14.2. The molecule has 0 bridgehead atoms. The van der Waals surface area contributed by atoms with E-state index in [-0.39, 0.29) is 0 Å². The number of halogens is 1. The molecule has 0 N–H and O–H groups in total. The van der Waals surface area contributed by atoms with Crippen molar-refractivity contribution in [2.24, 2.45) is 0 Å². The van der Waals surface area contributed by atoms with Crippen molar-refractivity contribution < 1.29 is 0 Å². The van der Waals surface area contributed by atoms with Crippen LogP contribution < -0.4 is 0 Å². The van der Waals surface area contributed by atoms with Gasteiger partial charge < -0.3 is 4.90 Å². The molecule has 1 aromatic heterocycles. The van der Waals surface area contributed by atoms with E-state index >= 15 is 0 Å². The van der Waals surface area contributed by atoms with Crippen molar-refractivity contribution in [3.05, 3.63) is 35.6 Å². The topological polar surface area (TPSA) is 16.1 Å². The van der Waals surface area contributed by atoms with E-state index in [1.807, 2.05) is 30.2 Å². The number of piperidine rings is 1. The van der Waals surface area contributed by atoms with Gasteiger partial charge in [-0.2, -0.15) is 0 Å². The van der Waals surface area contributed by atoms with E-state index < -0.39 is 0 Å². The molecule has 2 nitrogen and oxygen atoms in total. The number of fused-ring (bicyclic) bond motifs is 1. The van der Waals surface area contributed by atoms with E-state index in [1.165, 1.54) is 36.2 Å². The summed E-state index contributed by atoms with van der Waals surface area (Å²) in [6, 6.07) is 6.29. The average molecular weight is 307 g/mol. The van der Waals surface area contributed by atoms with Crippen LogP contribution in [0.5, 0.6) is 0 Å². The first-order chi connectivity index (χ1) is 9.76. The van der Waals surface area contributed by atoms with Gasteiger partial charge in [-0.25, -0.2) is 0 Å². The summed E-state index contributed by atoms with van der Waals surface area (Å²) in [6.07, 6.45) is 6.28. The molecule has 106 valence electrons. The largest absolute Gasteiger partial charge is 0.302 e. The molecule has 2 aromatic rings. The maximum atomic E-state index is 6.43. The predicted octanol–water partition coefficient (Wildman–Crippen LogP) is 4.46. The van der Waals surface area contributed by atoms with Gasteiger partial charge in [-0.1, -0.05) is 18.5 Å². The third-order valence-corrected chi connectivity index (χ3v) is 5.63. The minimum absolute atomic E-state index is 0.653. The smallest absolute Gasteiger partial charge is 0.0548 e. The Morgan fingerprint density at radius 1 is 1.40 bits per heavy atom. The molecule has 1 saturated heterocycles. The summed E-state index contributed by atoms with van der Waals surface area (Å²) >= 11 is 8.36. The summed E-state index contributed by atoms with van der Waals surface area (Å²) in [5.74, 6) is 0. The monoisotopic (exact) mass is 306 g/mol. The number of thioether (sulfide) groups is 1. The van der Waals surface area contributed by atoms with Crippen LogP contribution >= 0.6 is 23.4 Å². The maximum Gasteiger partial charge on any atom is 0.0548 e. The lowest BCUT2D eigenvalue weighted by Crippen LogP contribution is -2.36.